The summed E-state index contributed by atoms with van der Waals surface area (Å²) in [4.78, 5) is 30.3. The summed E-state index contributed by atoms with van der Waals surface area (Å²) in [5.41, 5.74) is -4.90. The third-order valence-electron chi connectivity index (χ3n) is 6.75. The van der Waals surface area contributed by atoms with Gasteiger partial charge in [-0.05, 0) is 41.8 Å². The van der Waals surface area contributed by atoms with Crippen LogP contribution in [0.2, 0.25) is 0 Å². The molecule has 41 heavy (non-hydrogen) atoms. The number of aryl methyl sites for hydroxylation is 1. The minimum absolute atomic E-state index is 0.0557. The van der Waals surface area contributed by atoms with Gasteiger partial charge in [0.25, 0.3) is 5.91 Å². The molecule has 1 aliphatic heterocycles. The van der Waals surface area contributed by atoms with Crippen molar-refractivity contribution in [3.05, 3.63) is 70.9 Å². The summed E-state index contributed by atoms with van der Waals surface area (Å²) in [7, 11) is -3.33. The molecule has 0 aliphatic carbocycles. The molecule has 2 aromatic carbocycles. The second kappa shape index (κ2) is 10.2. The standard InChI is InChI=1S/C25H22F6N4O5S/c1-13-32-20(40-34-13)11-23(24(26,27)28,25(29,30)31)16-4-6-17(7-5-16)33-22(37)21-19-9-8-18(41(3,38)39)10-15(19)12-35(21)14(2)36/h4-10,21H,11-12H2,1-3H3,(H-,33,37,38,39)/p+1. The molecule has 2 heterocycles. The van der Waals surface area contributed by atoms with E-state index in [2.05, 4.69) is 20.0 Å². The highest BCUT2D eigenvalue weighted by molar-refractivity contribution is 7.97. The lowest BCUT2D eigenvalue weighted by molar-refractivity contribution is -0.304. The fourth-order valence-corrected chi connectivity index (χ4v) is 5.40. The third kappa shape index (κ3) is 5.57. The van der Waals surface area contributed by atoms with E-state index in [4.69, 9.17) is 0 Å². The first-order chi connectivity index (χ1) is 18.8. The van der Waals surface area contributed by atoms with Crippen molar-refractivity contribution in [3.8, 4) is 0 Å². The first-order valence-electron chi connectivity index (χ1n) is 11.8. The van der Waals surface area contributed by atoms with Crippen LogP contribution in [0.4, 0.5) is 32.0 Å². The first-order valence-corrected chi connectivity index (χ1v) is 13.7. The number of carbonyl (C=O) groups is 2. The number of nitrogens with one attached hydrogen (secondary N) is 1. The van der Waals surface area contributed by atoms with E-state index in [0.29, 0.717) is 23.3 Å². The smallest absolute Gasteiger partial charge is 0.339 e. The Kier molecular flexibility index (Phi) is 7.54. The van der Waals surface area contributed by atoms with Crippen LogP contribution in [0.25, 0.3) is 0 Å². The number of hydrogen-bond donors (Lipinski definition) is 2. The lowest BCUT2D eigenvalue weighted by Crippen LogP contribution is -2.55. The number of benzene rings is 2. The summed E-state index contributed by atoms with van der Waals surface area (Å²) in [5, 5.41) is 5.69. The maximum absolute atomic E-state index is 14.2. The van der Waals surface area contributed by atoms with Gasteiger partial charge in [-0.1, -0.05) is 27.6 Å². The van der Waals surface area contributed by atoms with Crippen LogP contribution >= 0.6 is 0 Å². The second-order valence-electron chi connectivity index (χ2n) is 9.59. The molecule has 2 N–H and O–H groups in total. The van der Waals surface area contributed by atoms with E-state index in [1.807, 2.05) is 0 Å². The van der Waals surface area contributed by atoms with E-state index in [0.717, 1.165) is 18.4 Å². The van der Waals surface area contributed by atoms with Crippen molar-refractivity contribution >= 4 is 27.7 Å². The predicted molar refractivity (Wildman–Crippen MR) is 132 cm³/mol. The molecule has 3 aromatic rings. The van der Waals surface area contributed by atoms with Crippen LogP contribution in [-0.2, 0) is 42.4 Å². The summed E-state index contributed by atoms with van der Waals surface area (Å²) in [5.74, 6) is -2.29. The molecule has 9 nitrogen and oxygen atoms in total. The van der Waals surface area contributed by atoms with Gasteiger partial charge in [0.15, 0.2) is 16.1 Å². The Bertz CT molecular complexity index is 1520. The van der Waals surface area contributed by atoms with E-state index in [1.165, 1.54) is 36.9 Å². The molecular formula is C25H23F6N4O5S+. The molecule has 0 saturated carbocycles. The number of aromatic nitrogens is 2. The molecule has 2 amide bonds. The Morgan fingerprint density at radius 3 is 2.20 bits per heavy atom. The Hall–Kier alpha value is -3.79. The van der Waals surface area contributed by atoms with E-state index in [1.54, 1.807) is 0 Å². The summed E-state index contributed by atoms with van der Waals surface area (Å²) in [6, 6.07) is 5.90. The number of nitrogens with zero attached hydrogens (tertiary/aromatic N) is 3. The van der Waals surface area contributed by atoms with Gasteiger partial charge in [-0.3, -0.25) is 9.59 Å². The Morgan fingerprint density at radius 1 is 1.10 bits per heavy atom. The zero-order chi connectivity index (χ0) is 30.5. The van der Waals surface area contributed by atoms with Crippen molar-refractivity contribution in [2.45, 2.75) is 55.5 Å². The number of fused-ring (bicyclic) bond motifs is 1. The lowest BCUT2D eigenvalue weighted by Gasteiger charge is -2.37. The maximum Gasteiger partial charge on any atom is 0.407 e. The molecule has 16 heteroatoms. The van der Waals surface area contributed by atoms with Crippen molar-refractivity contribution in [1.29, 1.82) is 0 Å². The minimum Gasteiger partial charge on any atom is -0.339 e. The average Bonchev–Trinajstić information content (AvgIpc) is 3.43. The topological polar surface area (TPSA) is 126 Å². The monoisotopic (exact) mass is 605 g/mol. The van der Waals surface area contributed by atoms with Gasteiger partial charge in [-0.2, -0.15) is 35.9 Å². The summed E-state index contributed by atoms with van der Waals surface area (Å²) >= 11 is 0. The van der Waals surface area contributed by atoms with Crippen molar-refractivity contribution in [2.75, 3.05) is 11.6 Å². The molecular weight excluding hydrogens is 582 g/mol. The lowest BCUT2D eigenvalue weighted by atomic mass is 9.75. The first kappa shape index (κ1) is 30.2. The molecule has 2 atom stereocenters. The highest BCUT2D eigenvalue weighted by atomic mass is 32.3. The van der Waals surface area contributed by atoms with Gasteiger partial charge < -0.3 is 14.7 Å². The van der Waals surface area contributed by atoms with E-state index in [9.17, 15) is 44.7 Å². The van der Waals surface area contributed by atoms with E-state index >= 15 is 0 Å². The minimum atomic E-state index is -5.82. The Labute approximate surface area is 230 Å². The van der Waals surface area contributed by atoms with Crippen LogP contribution in [0, 0.1) is 6.92 Å². The summed E-state index contributed by atoms with van der Waals surface area (Å²) in [6.07, 6.45) is -12.2. The van der Waals surface area contributed by atoms with Crippen LogP contribution in [0.15, 0.2) is 51.9 Å². The number of carbonyl (C=O) groups excluding carboxylic acids is 2. The molecule has 1 aromatic heterocycles. The number of hydrogen-bond acceptors (Lipinski definition) is 6. The largest absolute Gasteiger partial charge is 0.407 e. The van der Waals surface area contributed by atoms with Gasteiger partial charge in [0.1, 0.15) is 12.3 Å². The highest BCUT2D eigenvalue weighted by Crippen LogP contribution is 2.54. The Morgan fingerprint density at radius 2 is 1.71 bits per heavy atom. The molecule has 0 bridgehead atoms. The molecule has 0 saturated heterocycles. The molecule has 0 radical (unpaired) electrons. The molecule has 220 valence electrons. The third-order valence-corrected chi connectivity index (χ3v) is 7.88. The molecule has 2 unspecified atom stereocenters. The van der Waals surface area contributed by atoms with Crippen molar-refractivity contribution in [2.24, 2.45) is 0 Å². The van der Waals surface area contributed by atoms with Crippen LogP contribution in [0.5, 0.6) is 0 Å². The van der Waals surface area contributed by atoms with E-state index < -0.39 is 63.7 Å². The number of amides is 2. The maximum atomic E-state index is 14.2. The van der Waals surface area contributed by atoms with Gasteiger partial charge in [-0.25, -0.2) is 0 Å². The fraction of sp³-hybridized carbons (Fsp3) is 0.360. The van der Waals surface area contributed by atoms with E-state index in [-0.39, 0.29) is 23.0 Å². The summed E-state index contributed by atoms with van der Waals surface area (Å²) < 4.78 is 111. The van der Waals surface area contributed by atoms with Gasteiger partial charge in [-0.15, -0.1) is 0 Å². The quantitative estimate of drug-likeness (QED) is 0.300. The molecule has 0 fully saturated rings. The number of halogens is 6. The SMILES string of the molecule is CC(=O)N1Cc2cc([S+](C)(=O)O)ccc2C1C(=O)Nc1ccc(C(Cc2nc(C)no2)(C(F)(F)F)C(F)(F)F)cc1. The fourth-order valence-electron chi connectivity index (χ4n) is 4.72. The van der Waals surface area contributed by atoms with Crippen LogP contribution < -0.4 is 5.32 Å². The number of anilines is 1. The molecule has 1 aliphatic rings. The van der Waals surface area contributed by atoms with Gasteiger partial charge >= 0.3 is 12.4 Å². The predicted octanol–water partition coefficient (Wildman–Crippen LogP) is 4.99. The van der Waals surface area contributed by atoms with Gasteiger partial charge in [0.05, 0.1) is 6.42 Å². The normalized spacial score (nSPS) is 17.2. The van der Waals surface area contributed by atoms with Crippen LogP contribution in [0.3, 0.4) is 0 Å². The van der Waals surface area contributed by atoms with Crippen LogP contribution in [0.1, 0.15) is 41.4 Å². The Balaban J connectivity index is 1.67. The molecule has 0 spiro atoms. The zero-order valence-corrected chi connectivity index (χ0v) is 22.4. The number of rotatable bonds is 6. The van der Waals surface area contributed by atoms with Gasteiger partial charge in [0.2, 0.25) is 22.0 Å². The average molecular weight is 606 g/mol. The number of alkyl halides is 6. The second-order valence-corrected chi connectivity index (χ2v) is 11.7. The van der Waals surface area contributed by atoms with Crippen molar-refractivity contribution < 1.29 is 49.2 Å². The van der Waals surface area contributed by atoms with Crippen LogP contribution in [-0.4, -0.2) is 50.0 Å². The zero-order valence-electron chi connectivity index (χ0n) is 21.6. The van der Waals surface area contributed by atoms with Crippen molar-refractivity contribution in [3.63, 3.8) is 0 Å². The van der Waals surface area contributed by atoms with Crippen molar-refractivity contribution in [1.82, 2.24) is 15.0 Å². The summed E-state index contributed by atoms with van der Waals surface area (Å²) in [6.45, 7) is 2.40. The highest BCUT2D eigenvalue weighted by Gasteiger charge is 2.72. The van der Waals surface area contributed by atoms with Gasteiger partial charge in [0, 0.05) is 25.2 Å². The molecule has 4 rings (SSSR count).